The molecule has 6 nitrogen and oxygen atoms in total. The number of pyridine rings is 1. The van der Waals surface area contributed by atoms with E-state index in [-0.39, 0.29) is 17.4 Å². The van der Waals surface area contributed by atoms with Crippen molar-refractivity contribution in [2.45, 2.75) is 6.42 Å². The van der Waals surface area contributed by atoms with Crippen molar-refractivity contribution in [2.24, 2.45) is 0 Å². The Hall–Kier alpha value is -3.87. The van der Waals surface area contributed by atoms with Crippen LogP contribution < -0.4 is 10.6 Å². The number of hydrogen-bond acceptors (Lipinski definition) is 5. The van der Waals surface area contributed by atoms with Crippen molar-refractivity contribution in [3.63, 3.8) is 0 Å². The number of halogens is 1. The molecule has 0 spiro atoms. The Balaban J connectivity index is 1.38. The van der Waals surface area contributed by atoms with Gasteiger partial charge in [-0.2, -0.15) is 0 Å². The first kappa shape index (κ1) is 18.5. The van der Waals surface area contributed by atoms with Crippen LogP contribution in [0.4, 0.5) is 15.9 Å². The summed E-state index contributed by atoms with van der Waals surface area (Å²) in [6.07, 6.45) is 5.03. The number of nitrogens with one attached hydrogen (secondary N) is 2. The molecule has 4 rings (SSSR count). The standard InChI is InChI=1S/C22H18FN5O/c23-17-8-2-1-5-15(17)10-12-25-22(29)19-13-27-20(14-26-19)28-18-9-3-6-16-7-4-11-24-21(16)18/h1-9,11,13-14H,10,12H2,(H,25,29)(H,27,28). The van der Waals surface area contributed by atoms with Crippen molar-refractivity contribution in [1.29, 1.82) is 0 Å². The summed E-state index contributed by atoms with van der Waals surface area (Å²) in [5, 5.41) is 6.91. The summed E-state index contributed by atoms with van der Waals surface area (Å²) in [7, 11) is 0. The van der Waals surface area contributed by atoms with Crippen molar-refractivity contribution in [3.8, 4) is 0 Å². The summed E-state index contributed by atoms with van der Waals surface area (Å²) < 4.78 is 13.6. The first-order valence-corrected chi connectivity index (χ1v) is 9.15. The van der Waals surface area contributed by atoms with Crippen LogP contribution in [0.5, 0.6) is 0 Å². The molecule has 144 valence electrons. The van der Waals surface area contributed by atoms with Crippen molar-refractivity contribution in [3.05, 3.63) is 90.3 Å². The molecule has 0 bridgehead atoms. The minimum absolute atomic E-state index is 0.195. The maximum Gasteiger partial charge on any atom is 0.271 e. The van der Waals surface area contributed by atoms with Crippen LogP contribution in [0.3, 0.4) is 0 Å². The van der Waals surface area contributed by atoms with Gasteiger partial charge >= 0.3 is 0 Å². The number of para-hydroxylation sites is 1. The van der Waals surface area contributed by atoms with Crippen LogP contribution in [-0.2, 0) is 6.42 Å². The third-order valence-electron chi connectivity index (χ3n) is 4.42. The molecule has 2 aromatic heterocycles. The van der Waals surface area contributed by atoms with Gasteiger partial charge in [0.25, 0.3) is 5.91 Å². The number of aromatic nitrogens is 3. The van der Waals surface area contributed by atoms with Crippen LogP contribution in [-0.4, -0.2) is 27.4 Å². The van der Waals surface area contributed by atoms with Crippen LogP contribution in [0, 0.1) is 5.82 Å². The molecule has 0 fully saturated rings. The fourth-order valence-electron chi connectivity index (χ4n) is 2.96. The summed E-state index contributed by atoms with van der Waals surface area (Å²) >= 11 is 0. The van der Waals surface area contributed by atoms with Gasteiger partial charge < -0.3 is 10.6 Å². The molecule has 2 aromatic carbocycles. The lowest BCUT2D eigenvalue weighted by Gasteiger charge is -2.09. The Kier molecular flexibility index (Phi) is 5.38. The second-order valence-electron chi connectivity index (χ2n) is 6.39. The smallest absolute Gasteiger partial charge is 0.271 e. The predicted octanol–water partition coefficient (Wildman–Crippen LogP) is 3.88. The Morgan fingerprint density at radius 1 is 0.931 bits per heavy atom. The highest BCUT2D eigenvalue weighted by atomic mass is 19.1. The first-order valence-electron chi connectivity index (χ1n) is 9.15. The van der Waals surface area contributed by atoms with E-state index in [0.717, 1.165) is 16.6 Å². The average Bonchev–Trinajstić information content (AvgIpc) is 2.76. The van der Waals surface area contributed by atoms with E-state index in [1.165, 1.54) is 18.5 Å². The Bertz CT molecular complexity index is 1140. The van der Waals surface area contributed by atoms with Crippen LogP contribution in [0.1, 0.15) is 16.1 Å². The highest BCUT2D eigenvalue weighted by Crippen LogP contribution is 2.23. The van der Waals surface area contributed by atoms with Gasteiger partial charge in [0.2, 0.25) is 0 Å². The molecule has 2 heterocycles. The second-order valence-corrected chi connectivity index (χ2v) is 6.39. The lowest BCUT2D eigenvalue weighted by Crippen LogP contribution is -2.26. The van der Waals surface area contributed by atoms with Crippen LogP contribution in [0.2, 0.25) is 0 Å². The monoisotopic (exact) mass is 387 g/mol. The van der Waals surface area contributed by atoms with Crippen LogP contribution in [0.15, 0.2) is 73.2 Å². The lowest BCUT2D eigenvalue weighted by atomic mass is 10.1. The van der Waals surface area contributed by atoms with E-state index >= 15 is 0 Å². The van der Waals surface area contributed by atoms with Gasteiger partial charge in [-0.25, -0.2) is 14.4 Å². The molecule has 1 amide bonds. The molecule has 7 heteroatoms. The largest absolute Gasteiger partial charge is 0.350 e. The van der Waals surface area contributed by atoms with E-state index in [1.54, 1.807) is 24.4 Å². The van der Waals surface area contributed by atoms with Gasteiger partial charge in [-0.3, -0.25) is 9.78 Å². The zero-order chi connectivity index (χ0) is 20.1. The van der Waals surface area contributed by atoms with Gasteiger partial charge in [-0.05, 0) is 30.2 Å². The minimum atomic E-state index is -0.354. The van der Waals surface area contributed by atoms with Crippen molar-refractivity contribution < 1.29 is 9.18 Å². The van der Waals surface area contributed by atoms with Crippen LogP contribution >= 0.6 is 0 Å². The van der Waals surface area contributed by atoms with Gasteiger partial charge in [-0.1, -0.05) is 36.4 Å². The molecule has 0 aliphatic carbocycles. The van der Waals surface area contributed by atoms with E-state index in [0.29, 0.717) is 24.3 Å². The molecule has 0 aliphatic heterocycles. The highest BCUT2D eigenvalue weighted by Gasteiger charge is 2.09. The minimum Gasteiger partial charge on any atom is -0.350 e. The average molecular weight is 387 g/mol. The topological polar surface area (TPSA) is 79.8 Å². The van der Waals surface area contributed by atoms with Gasteiger partial charge in [0, 0.05) is 18.1 Å². The van der Waals surface area contributed by atoms with E-state index < -0.39 is 0 Å². The van der Waals surface area contributed by atoms with Gasteiger partial charge in [0.05, 0.1) is 23.6 Å². The zero-order valence-corrected chi connectivity index (χ0v) is 15.5. The fraction of sp³-hybridized carbons (Fsp3) is 0.0909. The number of amides is 1. The number of rotatable bonds is 6. The van der Waals surface area contributed by atoms with E-state index in [9.17, 15) is 9.18 Å². The van der Waals surface area contributed by atoms with Gasteiger partial charge in [0.15, 0.2) is 0 Å². The fourth-order valence-corrected chi connectivity index (χ4v) is 2.96. The molecule has 0 saturated carbocycles. The summed E-state index contributed by atoms with van der Waals surface area (Å²) in [6.45, 7) is 0.309. The quantitative estimate of drug-likeness (QED) is 0.525. The number of nitrogens with zero attached hydrogens (tertiary/aromatic N) is 3. The molecular formula is C22H18FN5O. The number of anilines is 2. The molecule has 0 aliphatic rings. The van der Waals surface area contributed by atoms with Crippen LogP contribution in [0.25, 0.3) is 10.9 Å². The molecule has 29 heavy (non-hydrogen) atoms. The van der Waals surface area contributed by atoms with Crippen molar-refractivity contribution >= 4 is 28.3 Å². The third kappa shape index (κ3) is 4.35. The molecule has 2 N–H and O–H groups in total. The molecule has 0 saturated heterocycles. The number of carbonyl (C=O) groups is 1. The summed E-state index contributed by atoms with van der Waals surface area (Å²) in [5.41, 5.74) is 2.38. The Morgan fingerprint density at radius 3 is 2.62 bits per heavy atom. The zero-order valence-electron chi connectivity index (χ0n) is 15.5. The Labute approximate surface area is 166 Å². The summed E-state index contributed by atoms with van der Waals surface area (Å²) in [6, 6.07) is 16.2. The highest BCUT2D eigenvalue weighted by molar-refractivity contribution is 5.93. The Morgan fingerprint density at radius 2 is 1.79 bits per heavy atom. The molecule has 0 atom stereocenters. The number of hydrogen-bond donors (Lipinski definition) is 2. The van der Waals surface area contributed by atoms with E-state index in [2.05, 4.69) is 25.6 Å². The number of carbonyl (C=O) groups excluding carboxylic acids is 1. The second kappa shape index (κ2) is 8.43. The van der Waals surface area contributed by atoms with Gasteiger partial charge in [0.1, 0.15) is 17.3 Å². The molecule has 4 aromatic rings. The van der Waals surface area contributed by atoms with E-state index in [4.69, 9.17) is 0 Å². The molecular weight excluding hydrogens is 369 g/mol. The summed E-state index contributed by atoms with van der Waals surface area (Å²) in [5.74, 6) is -0.127. The van der Waals surface area contributed by atoms with Crippen molar-refractivity contribution in [1.82, 2.24) is 20.3 Å². The van der Waals surface area contributed by atoms with Crippen molar-refractivity contribution in [2.75, 3.05) is 11.9 Å². The number of benzene rings is 2. The lowest BCUT2D eigenvalue weighted by molar-refractivity contribution is 0.0948. The van der Waals surface area contributed by atoms with E-state index in [1.807, 2.05) is 30.3 Å². The predicted molar refractivity (Wildman–Crippen MR) is 109 cm³/mol. The first-order chi connectivity index (χ1) is 14.2. The molecule has 0 unspecified atom stereocenters. The van der Waals surface area contributed by atoms with Gasteiger partial charge in [-0.15, -0.1) is 0 Å². The SMILES string of the molecule is O=C(NCCc1ccccc1F)c1cnc(Nc2cccc3cccnc23)cn1. The maximum absolute atomic E-state index is 13.6. The third-order valence-corrected chi connectivity index (χ3v) is 4.42. The molecule has 0 radical (unpaired) electrons. The maximum atomic E-state index is 13.6. The summed E-state index contributed by atoms with van der Waals surface area (Å²) in [4.78, 5) is 25.0. The normalized spacial score (nSPS) is 10.7. The number of fused-ring (bicyclic) bond motifs is 1.